The van der Waals surface area contributed by atoms with Crippen LogP contribution in [0.2, 0.25) is 0 Å². The summed E-state index contributed by atoms with van der Waals surface area (Å²) in [6, 6.07) is 8.14. The van der Waals surface area contributed by atoms with Gasteiger partial charge in [-0.2, -0.15) is 0 Å². The van der Waals surface area contributed by atoms with Crippen LogP contribution in [0.1, 0.15) is 48.6 Å². The molecule has 0 radical (unpaired) electrons. The predicted octanol–water partition coefficient (Wildman–Crippen LogP) is 4.53. The van der Waals surface area contributed by atoms with Crippen molar-refractivity contribution in [3.63, 3.8) is 0 Å². The average Bonchev–Trinajstić information content (AvgIpc) is 2.68. The van der Waals surface area contributed by atoms with Gasteiger partial charge in [0.15, 0.2) is 11.5 Å². The zero-order chi connectivity index (χ0) is 22.5. The van der Waals surface area contributed by atoms with Crippen LogP contribution in [0, 0.1) is 13.8 Å². The van der Waals surface area contributed by atoms with Gasteiger partial charge >= 0.3 is 0 Å². The topological polar surface area (TPSA) is 56.8 Å². The van der Waals surface area contributed by atoms with Crippen molar-refractivity contribution in [2.24, 2.45) is 0 Å². The summed E-state index contributed by atoms with van der Waals surface area (Å²) in [4.78, 5) is 12.5. The molecule has 0 atom stereocenters. The first-order chi connectivity index (χ1) is 14.1. The highest BCUT2D eigenvalue weighted by Crippen LogP contribution is 2.39. The third-order valence-corrected chi connectivity index (χ3v) is 5.40. The fourth-order valence-electron chi connectivity index (χ4n) is 3.69. The lowest BCUT2D eigenvalue weighted by atomic mass is 9.83. The zero-order valence-electron chi connectivity index (χ0n) is 19.6. The van der Waals surface area contributed by atoms with E-state index in [2.05, 4.69) is 52.1 Å². The summed E-state index contributed by atoms with van der Waals surface area (Å²) in [5.41, 5.74) is 6.07. The number of hydrogen-bond acceptors (Lipinski definition) is 4. The van der Waals surface area contributed by atoms with Gasteiger partial charge in [0.25, 0.3) is 0 Å². The van der Waals surface area contributed by atoms with E-state index < -0.39 is 0 Å². The molecule has 0 saturated carbocycles. The van der Waals surface area contributed by atoms with Crippen LogP contribution in [-0.2, 0) is 23.1 Å². The first-order valence-corrected chi connectivity index (χ1v) is 10.3. The zero-order valence-corrected chi connectivity index (χ0v) is 19.6. The van der Waals surface area contributed by atoms with Crippen LogP contribution in [0.5, 0.6) is 17.2 Å². The molecule has 0 aliphatic rings. The lowest BCUT2D eigenvalue weighted by molar-refractivity contribution is -0.120. The molecule has 1 N–H and O–H groups in total. The molecule has 0 fully saturated rings. The molecule has 5 nitrogen and oxygen atoms in total. The Morgan fingerprint density at radius 2 is 1.53 bits per heavy atom. The Morgan fingerprint density at radius 1 is 0.933 bits per heavy atom. The van der Waals surface area contributed by atoms with Crippen LogP contribution >= 0.6 is 0 Å². The molecular formula is C25H35NO4. The van der Waals surface area contributed by atoms with Gasteiger partial charge in [0.2, 0.25) is 11.7 Å². The number of rotatable bonds is 8. The van der Waals surface area contributed by atoms with E-state index in [4.69, 9.17) is 14.2 Å². The number of amides is 1. The largest absolute Gasteiger partial charge is 0.493 e. The molecule has 164 valence electrons. The van der Waals surface area contributed by atoms with E-state index in [-0.39, 0.29) is 17.7 Å². The second-order valence-corrected chi connectivity index (χ2v) is 8.61. The fraction of sp³-hybridized carbons (Fsp3) is 0.480. The van der Waals surface area contributed by atoms with Crippen LogP contribution in [0.25, 0.3) is 0 Å². The van der Waals surface area contributed by atoms with Crippen LogP contribution in [-0.4, -0.2) is 33.8 Å². The van der Waals surface area contributed by atoms with Crippen LogP contribution in [0.4, 0.5) is 0 Å². The molecule has 0 unspecified atom stereocenters. The molecule has 2 rings (SSSR count). The Bertz CT molecular complexity index is 874. The smallest absolute Gasteiger partial charge is 0.224 e. The van der Waals surface area contributed by atoms with Crippen molar-refractivity contribution in [2.75, 3.05) is 27.9 Å². The van der Waals surface area contributed by atoms with E-state index in [0.29, 0.717) is 23.8 Å². The van der Waals surface area contributed by atoms with E-state index in [1.807, 2.05) is 6.07 Å². The molecule has 0 aliphatic heterocycles. The molecule has 0 saturated heterocycles. The number of aryl methyl sites for hydroxylation is 2. The summed E-state index contributed by atoms with van der Waals surface area (Å²) in [7, 11) is 4.69. The van der Waals surface area contributed by atoms with E-state index in [1.54, 1.807) is 27.4 Å². The van der Waals surface area contributed by atoms with Crippen molar-refractivity contribution in [1.82, 2.24) is 5.32 Å². The fourth-order valence-corrected chi connectivity index (χ4v) is 3.69. The summed E-state index contributed by atoms with van der Waals surface area (Å²) in [6.45, 7) is 11.6. The number of hydrogen-bond donors (Lipinski definition) is 1. The highest BCUT2D eigenvalue weighted by atomic mass is 16.5. The summed E-state index contributed by atoms with van der Waals surface area (Å²) >= 11 is 0. The Kier molecular flexibility index (Phi) is 7.77. The minimum Gasteiger partial charge on any atom is -0.493 e. The van der Waals surface area contributed by atoms with Crippen LogP contribution in [0.15, 0.2) is 24.3 Å². The van der Waals surface area contributed by atoms with E-state index >= 15 is 0 Å². The van der Waals surface area contributed by atoms with E-state index in [9.17, 15) is 4.79 Å². The number of ether oxygens (including phenoxy) is 3. The summed E-state index contributed by atoms with van der Waals surface area (Å²) in [6.07, 6.45) is 1.02. The minimum absolute atomic E-state index is 0.0536. The Hall–Kier alpha value is -2.69. The van der Waals surface area contributed by atoms with Gasteiger partial charge in [-0.05, 0) is 54.0 Å². The first kappa shape index (κ1) is 23.6. The molecule has 0 heterocycles. The summed E-state index contributed by atoms with van der Waals surface area (Å²) < 4.78 is 16.2. The number of carbonyl (C=O) groups is 1. The molecule has 0 spiro atoms. The number of benzene rings is 2. The molecule has 0 aliphatic carbocycles. The second kappa shape index (κ2) is 9.88. The molecule has 0 bridgehead atoms. The second-order valence-electron chi connectivity index (χ2n) is 8.61. The minimum atomic E-state index is -0.0536. The van der Waals surface area contributed by atoms with Gasteiger partial charge in [0.05, 0.1) is 27.8 Å². The first-order valence-electron chi connectivity index (χ1n) is 10.3. The molecule has 30 heavy (non-hydrogen) atoms. The van der Waals surface area contributed by atoms with Gasteiger partial charge in [-0.15, -0.1) is 0 Å². The predicted molar refractivity (Wildman–Crippen MR) is 121 cm³/mol. The maximum atomic E-state index is 12.5. The Balaban J connectivity index is 2.05. The summed E-state index contributed by atoms with van der Waals surface area (Å²) in [5, 5.41) is 3.03. The lowest BCUT2D eigenvalue weighted by Crippen LogP contribution is -2.27. The SMILES string of the molecule is COc1ccc(CC(=O)NCCc2c(C)cc(C(C)(C)C)cc2C)c(OC)c1OC. The van der Waals surface area contributed by atoms with Crippen LogP contribution in [0.3, 0.4) is 0 Å². The van der Waals surface area contributed by atoms with E-state index in [0.717, 1.165) is 12.0 Å². The van der Waals surface area contributed by atoms with Gasteiger partial charge in [0, 0.05) is 12.1 Å². The molecule has 1 amide bonds. The van der Waals surface area contributed by atoms with Gasteiger partial charge in [0.1, 0.15) is 0 Å². The summed E-state index contributed by atoms with van der Waals surface area (Å²) in [5.74, 6) is 1.54. The Labute approximate surface area is 180 Å². The van der Waals surface area contributed by atoms with Gasteiger partial charge in [-0.1, -0.05) is 39.0 Å². The van der Waals surface area contributed by atoms with Crippen LogP contribution < -0.4 is 19.5 Å². The highest BCUT2D eigenvalue weighted by Gasteiger charge is 2.18. The van der Waals surface area contributed by atoms with Crippen molar-refractivity contribution in [3.05, 3.63) is 52.1 Å². The lowest BCUT2D eigenvalue weighted by Gasteiger charge is -2.22. The van der Waals surface area contributed by atoms with Crippen molar-refractivity contribution in [2.45, 2.75) is 52.9 Å². The van der Waals surface area contributed by atoms with Gasteiger partial charge in [-0.25, -0.2) is 0 Å². The van der Waals surface area contributed by atoms with Crippen molar-refractivity contribution in [3.8, 4) is 17.2 Å². The monoisotopic (exact) mass is 413 g/mol. The van der Waals surface area contributed by atoms with Crippen molar-refractivity contribution in [1.29, 1.82) is 0 Å². The molecule has 2 aromatic rings. The third-order valence-electron chi connectivity index (χ3n) is 5.40. The van der Waals surface area contributed by atoms with E-state index in [1.165, 1.54) is 22.3 Å². The number of nitrogens with one attached hydrogen (secondary N) is 1. The maximum absolute atomic E-state index is 12.5. The normalized spacial score (nSPS) is 11.2. The maximum Gasteiger partial charge on any atom is 0.224 e. The van der Waals surface area contributed by atoms with Gasteiger partial charge in [-0.3, -0.25) is 4.79 Å². The number of carbonyl (C=O) groups excluding carboxylic acids is 1. The van der Waals surface area contributed by atoms with Crippen molar-refractivity contribution >= 4 is 5.91 Å². The third kappa shape index (κ3) is 5.47. The van der Waals surface area contributed by atoms with Crippen molar-refractivity contribution < 1.29 is 19.0 Å². The number of methoxy groups -OCH3 is 3. The molecule has 0 aromatic heterocycles. The molecule has 5 heteroatoms. The Morgan fingerprint density at radius 3 is 2.03 bits per heavy atom. The highest BCUT2D eigenvalue weighted by molar-refractivity contribution is 5.80. The molecular weight excluding hydrogens is 378 g/mol. The molecule has 2 aromatic carbocycles. The quantitative estimate of drug-likeness (QED) is 0.691. The average molecular weight is 414 g/mol. The van der Waals surface area contributed by atoms with Gasteiger partial charge < -0.3 is 19.5 Å². The standard InChI is InChI=1S/C25H35NO4/c1-16-13-19(25(3,4)5)14-17(2)20(16)11-12-26-22(27)15-18-9-10-21(28-6)24(30-8)23(18)29-7/h9-10,13-14H,11-12,15H2,1-8H3,(H,26,27).